The molecule has 3 aromatic rings. The number of carboxylic acids is 1. The SMILES string of the molecule is O=C(O)/C(=C\c1ccc(N2CCCC2)c([N+](=O)[O-])c1)Sc1n[nH]c(-c2ccc(Cl)cc2)n1. The van der Waals surface area contributed by atoms with Gasteiger partial charge in [-0.2, -0.15) is 0 Å². The molecule has 0 unspecified atom stereocenters. The van der Waals surface area contributed by atoms with Crippen LogP contribution in [0, 0.1) is 10.1 Å². The second-order valence-corrected chi connectivity index (χ2v) is 8.53. The number of aromatic nitrogens is 3. The van der Waals surface area contributed by atoms with Gasteiger partial charge in [0, 0.05) is 29.7 Å². The topological polar surface area (TPSA) is 125 Å². The molecule has 0 saturated carbocycles. The number of rotatable bonds is 7. The van der Waals surface area contributed by atoms with Gasteiger partial charge in [0.05, 0.1) is 4.92 Å². The fourth-order valence-electron chi connectivity index (χ4n) is 3.42. The Morgan fingerprint density at radius 3 is 2.59 bits per heavy atom. The van der Waals surface area contributed by atoms with Gasteiger partial charge in [0.25, 0.3) is 5.69 Å². The number of halogens is 1. The van der Waals surface area contributed by atoms with Gasteiger partial charge in [-0.05, 0) is 66.6 Å². The van der Waals surface area contributed by atoms with Crippen LogP contribution < -0.4 is 4.90 Å². The Hall–Kier alpha value is -3.37. The van der Waals surface area contributed by atoms with E-state index in [1.54, 1.807) is 36.4 Å². The lowest BCUT2D eigenvalue weighted by Gasteiger charge is -2.17. The Labute approximate surface area is 192 Å². The first-order valence-corrected chi connectivity index (χ1v) is 10.9. The summed E-state index contributed by atoms with van der Waals surface area (Å²) < 4.78 is 0. The number of carbonyl (C=O) groups is 1. The van der Waals surface area contributed by atoms with Crippen LogP contribution in [-0.4, -0.2) is 44.3 Å². The van der Waals surface area contributed by atoms with Crippen molar-refractivity contribution in [1.82, 2.24) is 15.2 Å². The number of aromatic amines is 1. The van der Waals surface area contributed by atoms with E-state index in [1.807, 2.05) is 4.90 Å². The van der Waals surface area contributed by atoms with Crippen molar-refractivity contribution < 1.29 is 14.8 Å². The Morgan fingerprint density at radius 2 is 1.94 bits per heavy atom. The molecule has 0 bridgehead atoms. The summed E-state index contributed by atoms with van der Waals surface area (Å²) in [6, 6.07) is 11.7. The number of hydrogen-bond donors (Lipinski definition) is 2. The molecule has 0 atom stereocenters. The van der Waals surface area contributed by atoms with Gasteiger partial charge < -0.3 is 10.0 Å². The van der Waals surface area contributed by atoms with E-state index >= 15 is 0 Å². The van der Waals surface area contributed by atoms with E-state index in [-0.39, 0.29) is 15.7 Å². The molecule has 0 amide bonds. The summed E-state index contributed by atoms with van der Waals surface area (Å²) >= 11 is 6.75. The van der Waals surface area contributed by atoms with Crippen molar-refractivity contribution in [3.8, 4) is 11.4 Å². The minimum atomic E-state index is -1.18. The number of hydrogen-bond acceptors (Lipinski definition) is 7. The highest BCUT2D eigenvalue weighted by Crippen LogP contribution is 2.34. The Balaban J connectivity index is 1.59. The Bertz CT molecular complexity index is 1190. The van der Waals surface area contributed by atoms with Crippen molar-refractivity contribution in [2.45, 2.75) is 18.0 Å². The first-order valence-electron chi connectivity index (χ1n) is 9.75. The highest BCUT2D eigenvalue weighted by Gasteiger charge is 2.23. The summed E-state index contributed by atoms with van der Waals surface area (Å²) in [6.07, 6.45) is 3.37. The molecule has 9 nitrogen and oxygen atoms in total. The van der Waals surface area contributed by atoms with Crippen LogP contribution in [0.3, 0.4) is 0 Å². The average molecular weight is 472 g/mol. The lowest BCUT2D eigenvalue weighted by Crippen LogP contribution is -2.18. The molecule has 1 aromatic heterocycles. The van der Waals surface area contributed by atoms with Gasteiger partial charge in [0.1, 0.15) is 10.6 Å². The summed E-state index contributed by atoms with van der Waals surface area (Å²) in [7, 11) is 0. The summed E-state index contributed by atoms with van der Waals surface area (Å²) in [5.41, 5.74) is 1.68. The van der Waals surface area contributed by atoms with Crippen LogP contribution in [0.2, 0.25) is 5.02 Å². The number of nitro benzene ring substituents is 1. The zero-order valence-corrected chi connectivity index (χ0v) is 18.3. The van der Waals surface area contributed by atoms with Crippen LogP contribution >= 0.6 is 23.4 Å². The summed E-state index contributed by atoms with van der Waals surface area (Å²) in [6.45, 7) is 1.54. The van der Waals surface area contributed by atoms with Gasteiger partial charge in [-0.3, -0.25) is 15.2 Å². The Morgan fingerprint density at radius 1 is 1.22 bits per heavy atom. The third-order valence-electron chi connectivity index (χ3n) is 4.94. The lowest BCUT2D eigenvalue weighted by molar-refractivity contribution is -0.384. The predicted octanol–water partition coefficient (Wildman–Crippen LogP) is 4.85. The monoisotopic (exact) mass is 471 g/mol. The third kappa shape index (κ3) is 4.92. The maximum Gasteiger partial charge on any atom is 0.342 e. The highest BCUT2D eigenvalue weighted by molar-refractivity contribution is 8.04. The van der Waals surface area contributed by atoms with Crippen LogP contribution in [0.4, 0.5) is 11.4 Å². The first-order chi connectivity index (χ1) is 15.4. The maximum absolute atomic E-state index is 11.8. The minimum absolute atomic E-state index is 0.0432. The molecule has 2 N–H and O–H groups in total. The smallest absolute Gasteiger partial charge is 0.342 e. The molecular weight excluding hydrogens is 454 g/mol. The van der Waals surface area contributed by atoms with Crippen LogP contribution in [0.15, 0.2) is 52.5 Å². The highest BCUT2D eigenvalue weighted by atomic mass is 35.5. The molecule has 32 heavy (non-hydrogen) atoms. The number of thioether (sulfide) groups is 1. The zero-order chi connectivity index (χ0) is 22.7. The largest absolute Gasteiger partial charge is 0.477 e. The van der Waals surface area contributed by atoms with Crippen molar-refractivity contribution in [1.29, 1.82) is 0 Å². The number of H-pyrrole nitrogens is 1. The van der Waals surface area contributed by atoms with Crippen molar-refractivity contribution in [3.63, 3.8) is 0 Å². The number of benzene rings is 2. The van der Waals surface area contributed by atoms with Crippen molar-refractivity contribution >= 4 is 46.8 Å². The van der Waals surface area contributed by atoms with Gasteiger partial charge in [0.2, 0.25) is 5.16 Å². The summed E-state index contributed by atoms with van der Waals surface area (Å²) in [5.74, 6) is -0.710. The zero-order valence-electron chi connectivity index (χ0n) is 16.7. The van der Waals surface area contributed by atoms with E-state index in [9.17, 15) is 20.0 Å². The van der Waals surface area contributed by atoms with Gasteiger partial charge in [0.15, 0.2) is 5.82 Å². The standard InChI is InChI=1S/C21H18ClN5O4S/c22-15-6-4-14(5-7-15)19-23-21(25-24-19)32-18(20(28)29)12-13-3-8-16(17(11-13)27(30)31)26-9-1-2-10-26/h3-8,11-12H,1-2,9-10H2,(H,28,29)(H,23,24,25)/b18-12+. The summed E-state index contributed by atoms with van der Waals surface area (Å²) in [4.78, 5) is 29.2. The normalized spacial score (nSPS) is 14.0. The molecular formula is C21H18ClN5O4S. The van der Waals surface area contributed by atoms with Crippen molar-refractivity contribution in [3.05, 3.63) is 68.1 Å². The Kier molecular flexibility index (Phi) is 6.42. The van der Waals surface area contributed by atoms with Crippen LogP contribution in [0.1, 0.15) is 18.4 Å². The quantitative estimate of drug-likeness (QED) is 0.217. The molecule has 2 heterocycles. The minimum Gasteiger partial charge on any atom is -0.477 e. The third-order valence-corrected chi connectivity index (χ3v) is 6.06. The number of nitrogens with one attached hydrogen (secondary N) is 1. The van der Waals surface area contributed by atoms with E-state index in [1.165, 1.54) is 12.1 Å². The van der Waals surface area contributed by atoms with Gasteiger partial charge in [-0.25, -0.2) is 9.78 Å². The van der Waals surface area contributed by atoms with E-state index in [0.29, 0.717) is 22.1 Å². The molecule has 164 valence electrons. The second kappa shape index (κ2) is 9.41. The van der Waals surface area contributed by atoms with Gasteiger partial charge >= 0.3 is 5.97 Å². The molecule has 1 fully saturated rings. The van der Waals surface area contributed by atoms with Crippen LogP contribution in [0.5, 0.6) is 0 Å². The molecule has 2 aromatic carbocycles. The maximum atomic E-state index is 11.8. The molecule has 4 rings (SSSR count). The fourth-order valence-corrected chi connectivity index (χ4v) is 4.25. The average Bonchev–Trinajstić information content (AvgIpc) is 3.46. The van der Waals surface area contributed by atoms with E-state index in [4.69, 9.17) is 11.6 Å². The predicted molar refractivity (Wildman–Crippen MR) is 123 cm³/mol. The molecule has 1 aliphatic heterocycles. The molecule has 1 saturated heterocycles. The van der Waals surface area contributed by atoms with Gasteiger partial charge in [-0.1, -0.05) is 17.7 Å². The van der Waals surface area contributed by atoms with Crippen LogP contribution in [0.25, 0.3) is 17.5 Å². The first kappa shape index (κ1) is 21.8. The summed E-state index contributed by atoms with van der Waals surface area (Å²) in [5, 5.41) is 28.9. The second-order valence-electron chi connectivity index (χ2n) is 7.09. The molecule has 11 heteroatoms. The number of anilines is 1. The molecule has 1 aliphatic rings. The van der Waals surface area contributed by atoms with Crippen molar-refractivity contribution in [2.24, 2.45) is 0 Å². The lowest BCUT2D eigenvalue weighted by atomic mass is 10.1. The molecule has 0 spiro atoms. The van der Waals surface area contributed by atoms with E-state index in [2.05, 4.69) is 15.2 Å². The fraction of sp³-hybridized carbons (Fsp3) is 0.190. The van der Waals surface area contributed by atoms with E-state index < -0.39 is 10.9 Å². The number of aliphatic carboxylic acids is 1. The number of nitro groups is 1. The van der Waals surface area contributed by atoms with Gasteiger partial charge in [-0.15, -0.1) is 5.10 Å². The number of nitrogens with zero attached hydrogens (tertiary/aromatic N) is 4. The molecule has 0 aliphatic carbocycles. The molecule has 0 radical (unpaired) electrons. The number of carboxylic acid groups (broad SMARTS) is 1. The van der Waals surface area contributed by atoms with E-state index in [0.717, 1.165) is 43.3 Å². The van der Waals surface area contributed by atoms with Crippen LogP contribution in [-0.2, 0) is 4.79 Å². The van der Waals surface area contributed by atoms with Crippen molar-refractivity contribution in [2.75, 3.05) is 18.0 Å².